The van der Waals surface area contributed by atoms with Crippen LogP contribution in [-0.4, -0.2) is 53.7 Å². The predicted octanol–water partition coefficient (Wildman–Crippen LogP) is 3.16. The minimum Gasteiger partial charge on any atom is -0.495 e. The monoisotopic (exact) mass is 479 g/mol. The third-order valence-electron chi connectivity index (χ3n) is 5.78. The number of rotatable bonds is 9. The first-order chi connectivity index (χ1) is 17.0. The Bertz CT molecular complexity index is 1250. The van der Waals surface area contributed by atoms with Crippen molar-refractivity contribution in [1.82, 2.24) is 14.8 Å². The van der Waals surface area contributed by atoms with Crippen molar-refractivity contribution in [2.75, 3.05) is 38.6 Å². The average Bonchev–Trinajstić information content (AvgIpc) is 3.28. The van der Waals surface area contributed by atoms with E-state index in [1.165, 1.54) is 0 Å². The number of aliphatic hydroxyl groups excluding tert-OH is 1. The second-order valence-electron chi connectivity index (χ2n) is 7.96. The first kappa shape index (κ1) is 24.1. The molecule has 10 nitrogen and oxygen atoms in total. The highest BCUT2D eigenvalue weighted by molar-refractivity contribution is 6.06. The van der Waals surface area contributed by atoms with Crippen LogP contribution in [0.1, 0.15) is 30.8 Å². The zero-order valence-electron chi connectivity index (χ0n) is 20.2. The molecule has 0 aliphatic carbocycles. The Hall–Kier alpha value is -4.05. The maximum absolute atomic E-state index is 13.7. The Labute approximate surface area is 203 Å². The number of amides is 1. The fourth-order valence-corrected chi connectivity index (χ4v) is 4.10. The molecule has 1 aliphatic rings. The van der Waals surface area contributed by atoms with Crippen LogP contribution in [0.3, 0.4) is 0 Å². The van der Waals surface area contributed by atoms with E-state index in [2.05, 4.69) is 20.7 Å². The smallest absolute Gasteiger partial charge is 0.255 e. The normalized spacial score (nSPS) is 14.7. The molecule has 2 heterocycles. The summed E-state index contributed by atoms with van der Waals surface area (Å²) >= 11 is 0. The van der Waals surface area contributed by atoms with Gasteiger partial charge in [-0.15, -0.1) is 0 Å². The number of nitrogens with zero attached hydrogens (tertiary/aromatic N) is 3. The number of nitrogens with one attached hydrogen (secondary N) is 2. The molecule has 1 aliphatic heterocycles. The minimum atomic E-state index is -0.587. The summed E-state index contributed by atoms with van der Waals surface area (Å²) in [6.07, 6.45) is 1.05. The molecule has 0 bridgehead atoms. The lowest BCUT2D eigenvalue weighted by Gasteiger charge is -2.29. The van der Waals surface area contributed by atoms with E-state index in [9.17, 15) is 9.90 Å². The number of para-hydroxylation sites is 2. The van der Waals surface area contributed by atoms with Crippen molar-refractivity contribution in [2.24, 2.45) is 0 Å². The highest BCUT2D eigenvalue weighted by atomic mass is 16.5. The first-order valence-corrected chi connectivity index (χ1v) is 11.2. The van der Waals surface area contributed by atoms with Gasteiger partial charge in [0.25, 0.3) is 5.91 Å². The molecule has 2 aromatic carbocycles. The standard InChI is InChI=1S/C25H29N5O5/c1-15-22(24(32)27-17-8-5-6-9-18(17)33-2)23(16-11-12-19(34-3)20(14-16)35-4)30-25(26-15)28-21(29-30)10-7-13-31/h5-6,8-9,11-12,14,23,31H,7,10,13H2,1-4H3,(H,27,32)(H,26,28,29)/t23-/m1/s1. The molecule has 1 atom stereocenters. The van der Waals surface area contributed by atoms with Crippen LogP contribution >= 0.6 is 0 Å². The molecule has 10 heteroatoms. The third-order valence-corrected chi connectivity index (χ3v) is 5.78. The van der Waals surface area contributed by atoms with Crippen LogP contribution < -0.4 is 24.8 Å². The number of aliphatic hydroxyl groups is 1. The summed E-state index contributed by atoms with van der Waals surface area (Å²) in [5, 5.41) is 20.1. The lowest BCUT2D eigenvalue weighted by atomic mass is 9.94. The Kier molecular flexibility index (Phi) is 7.21. The largest absolute Gasteiger partial charge is 0.495 e. The van der Waals surface area contributed by atoms with Gasteiger partial charge in [0, 0.05) is 18.7 Å². The number of ether oxygens (including phenoxy) is 3. The van der Waals surface area contributed by atoms with Crippen molar-refractivity contribution in [1.29, 1.82) is 0 Å². The summed E-state index contributed by atoms with van der Waals surface area (Å²) in [5.74, 6) is 2.45. The summed E-state index contributed by atoms with van der Waals surface area (Å²) in [6.45, 7) is 1.87. The number of aromatic nitrogens is 3. The molecule has 0 saturated carbocycles. The molecule has 0 radical (unpaired) electrons. The number of anilines is 2. The molecule has 0 saturated heterocycles. The number of allylic oxidation sites excluding steroid dienone is 1. The Morgan fingerprint density at radius 2 is 1.83 bits per heavy atom. The zero-order chi connectivity index (χ0) is 24.9. The zero-order valence-corrected chi connectivity index (χ0v) is 20.2. The number of aryl methyl sites for hydroxylation is 1. The van der Waals surface area contributed by atoms with E-state index in [0.717, 1.165) is 5.56 Å². The SMILES string of the molecule is COc1ccccc1NC(=O)C1=C(C)Nc2nc(CCCO)nn2[C@@H]1c1ccc(OC)c(OC)c1. The Balaban J connectivity index is 1.80. The van der Waals surface area contributed by atoms with E-state index in [4.69, 9.17) is 14.2 Å². The predicted molar refractivity (Wildman–Crippen MR) is 131 cm³/mol. The quantitative estimate of drug-likeness (QED) is 0.428. The molecule has 3 aromatic rings. The summed E-state index contributed by atoms with van der Waals surface area (Å²) < 4.78 is 18.0. The molecule has 1 aromatic heterocycles. The van der Waals surface area contributed by atoms with Crippen LogP contribution in [0.25, 0.3) is 0 Å². The van der Waals surface area contributed by atoms with Crippen molar-refractivity contribution >= 4 is 17.5 Å². The lowest BCUT2D eigenvalue weighted by molar-refractivity contribution is -0.113. The average molecular weight is 480 g/mol. The first-order valence-electron chi connectivity index (χ1n) is 11.2. The molecule has 0 unspecified atom stereocenters. The van der Waals surface area contributed by atoms with Crippen LogP contribution in [0, 0.1) is 0 Å². The molecular weight excluding hydrogens is 450 g/mol. The van der Waals surface area contributed by atoms with Gasteiger partial charge in [-0.05, 0) is 43.2 Å². The van der Waals surface area contributed by atoms with E-state index >= 15 is 0 Å². The van der Waals surface area contributed by atoms with Gasteiger partial charge in [0.2, 0.25) is 5.95 Å². The summed E-state index contributed by atoms with van der Waals surface area (Å²) in [7, 11) is 4.69. The van der Waals surface area contributed by atoms with Gasteiger partial charge in [0.15, 0.2) is 17.3 Å². The van der Waals surface area contributed by atoms with Crippen LogP contribution in [0.4, 0.5) is 11.6 Å². The van der Waals surface area contributed by atoms with E-state index < -0.39 is 6.04 Å². The van der Waals surface area contributed by atoms with Crippen LogP contribution in [0.2, 0.25) is 0 Å². The minimum absolute atomic E-state index is 0.0419. The molecule has 35 heavy (non-hydrogen) atoms. The van der Waals surface area contributed by atoms with Crippen molar-refractivity contribution in [3.05, 3.63) is 65.1 Å². The fourth-order valence-electron chi connectivity index (χ4n) is 4.10. The van der Waals surface area contributed by atoms with Crippen molar-refractivity contribution in [3.63, 3.8) is 0 Å². The van der Waals surface area contributed by atoms with Crippen LogP contribution in [0.5, 0.6) is 17.2 Å². The number of carbonyl (C=O) groups excluding carboxylic acids is 1. The van der Waals surface area contributed by atoms with Crippen LogP contribution in [0.15, 0.2) is 53.7 Å². The molecule has 0 fully saturated rings. The van der Waals surface area contributed by atoms with Gasteiger partial charge < -0.3 is 30.0 Å². The molecule has 1 amide bonds. The van der Waals surface area contributed by atoms with Gasteiger partial charge >= 0.3 is 0 Å². The van der Waals surface area contributed by atoms with Crippen LogP contribution in [-0.2, 0) is 11.2 Å². The second kappa shape index (κ2) is 10.5. The van der Waals surface area contributed by atoms with Gasteiger partial charge in [-0.1, -0.05) is 18.2 Å². The van der Waals surface area contributed by atoms with E-state index in [1.54, 1.807) is 44.2 Å². The van der Waals surface area contributed by atoms with Gasteiger partial charge in [-0.2, -0.15) is 10.1 Å². The topological polar surface area (TPSA) is 120 Å². The Morgan fingerprint density at radius 1 is 1.09 bits per heavy atom. The number of methoxy groups -OCH3 is 3. The maximum Gasteiger partial charge on any atom is 0.255 e. The highest BCUT2D eigenvalue weighted by Crippen LogP contribution is 2.39. The van der Waals surface area contributed by atoms with Crippen molar-refractivity contribution in [3.8, 4) is 17.2 Å². The van der Waals surface area contributed by atoms with Gasteiger partial charge in [0.1, 0.15) is 11.8 Å². The molecule has 0 spiro atoms. The lowest BCUT2D eigenvalue weighted by Crippen LogP contribution is -2.31. The second-order valence-corrected chi connectivity index (χ2v) is 7.96. The van der Waals surface area contributed by atoms with E-state index in [1.807, 2.05) is 31.2 Å². The van der Waals surface area contributed by atoms with Crippen molar-refractivity contribution < 1.29 is 24.1 Å². The summed E-state index contributed by atoms with van der Waals surface area (Å²) in [5.41, 5.74) is 2.44. The number of carbonyl (C=O) groups is 1. The summed E-state index contributed by atoms with van der Waals surface area (Å²) in [4.78, 5) is 18.3. The number of benzene rings is 2. The van der Waals surface area contributed by atoms with Gasteiger partial charge in [0.05, 0.1) is 32.6 Å². The van der Waals surface area contributed by atoms with E-state index in [-0.39, 0.29) is 12.5 Å². The van der Waals surface area contributed by atoms with Gasteiger partial charge in [-0.25, -0.2) is 4.68 Å². The molecule has 4 rings (SSSR count). The number of hydrogen-bond acceptors (Lipinski definition) is 8. The van der Waals surface area contributed by atoms with Gasteiger partial charge in [-0.3, -0.25) is 4.79 Å². The molecular formula is C25H29N5O5. The number of fused-ring (bicyclic) bond motifs is 1. The van der Waals surface area contributed by atoms with E-state index in [0.29, 0.717) is 58.8 Å². The third kappa shape index (κ3) is 4.78. The maximum atomic E-state index is 13.7. The summed E-state index contributed by atoms with van der Waals surface area (Å²) in [6, 6.07) is 12.1. The Morgan fingerprint density at radius 3 is 2.54 bits per heavy atom. The molecule has 184 valence electrons. The molecule has 3 N–H and O–H groups in total. The highest BCUT2D eigenvalue weighted by Gasteiger charge is 2.35. The fraction of sp³-hybridized carbons (Fsp3) is 0.320. The number of hydrogen-bond donors (Lipinski definition) is 3. The van der Waals surface area contributed by atoms with Crippen molar-refractivity contribution in [2.45, 2.75) is 25.8 Å².